The fraction of sp³-hybridized carbons (Fsp3) is 0.190. The Morgan fingerprint density at radius 2 is 1.97 bits per heavy atom. The van der Waals surface area contributed by atoms with Crippen LogP contribution in [0.4, 0.5) is 17.5 Å². The zero-order chi connectivity index (χ0) is 20.1. The molecule has 2 aromatic heterocycles. The summed E-state index contributed by atoms with van der Waals surface area (Å²) in [7, 11) is 3.22. The molecule has 0 aliphatic rings. The molecule has 8 nitrogen and oxygen atoms in total. The molecule has 0 aliphatic carbocycles. The average molecular weight is 390 g/mol. The number of benzene rings is 2. The highest BCUT2D eigenvalue weighted by Gasteiger charge is 2.08. The van der Waals surface area contributed by atoms with E-state index >= 15 is 0 Å². The van der Waals surface area contributed by atoms with Crippen LogP contribution in [0.1, 0.15) is 5.56 Å². The van der Waals surface area contributed by atoms with Crippen molar-refractivity contribution in [3.05, 3.63) is 60.4 Å². The highest BCUT2D eigenvalue weighted by molar-refractivity contribution is 5.83. The molecule has 0 atom stereocenters. The van der Waals surface area contributed by atoms with Crippen LogP contribution in [0.15, 0.2) is 54.9 Å². The maximum atomic E-state index is 5.38. The van der Waals surface area contributed by atoms with E-state index in [9.17, 15) is 0 Å². The fourth-order valence-electron chi connectivity index (χ4n) is 3.14. The van der Waals surface area contributed by atoms with Crippen LogP contribution in [0.25, 0.3) is 10.9 Å². The number of hydrogen-bond acceptors (Lipinski definition) is 7. The maximum absolute atomic E-state index is 5.38. The number of nitrogens with zero attached hydrogens (tertiary/aromatic N) is 3. The van der Waals surface area contributed by atoms with Gasteiger partial charge in [0.25, 0.3) is 0 Å². The molecule has 0 bridgehead atoms. The van der Waals surface area contributed by atoms with Gasteiger partial charge < -0.3 is 25.1 Å². The predicted molar refractivity (Wildman–Crippen MR) is 113 cm³/mol. The summed E-state index contributed by atoms with van der Waals surface area (Å²) >= 11 is 0. The fourth-order valence-corrected chi connectivity index (χ4v) is 3.14. The van der Waals surface area contributed by atoms with Gasteiger partial charge in [0, 0.05) is 29.7 Å². The largest absolute Gasteiger partial charge is 0.497 e. The summed E-state index contributed by atoms with van der Waals surface area (Å²) < 4.78 is 10.6. The van der Waals surface area contributed by atoms with Gasteiger partial charge in [-0.15, -0.1) is 5.10 Å². The standard InChI is InChI=1S/C21H22N6O2/c1-28-15-7-8-19(29-2)18(11-15)25-21-26-20(13-24-27-21)22-10-9-14-12-23-17-6-4-3-5-16(14)17/h3-8,11-13,23H,9-10H2,1-2H3,(H2,22,25,26,27). The van der Waals surface area contributed by atoms with Crippen molar-refractivity contribution in [1.29, 1.82) is 0 Å². The summed E-state index contributed by atoms with van der Waals surface area (Å²) in [6, 6.07) is 13.7. The molecule has 0 spiro atoms. The normalized spacial score (nSPS) is 10.7. The third-order valence-electron chi connectivity index (χ3n) is 4.59. The van der Waals surface area contributed by atoms with Crippen molar-refractivity contribution in [1.82, 2.24) is 20.2 Å². The van der Waals surface area contributed by atoms with Crippen LogP contribution in [0.5, 0.6) is 11.5 Å². The number of para-hydroxylation sites is 1. The monoisotopic (exact) mass is 390 g/mol. The van der Waals surface area contributed by atoms with Crippen molar-refractivity contribution in [2.75, 3.05) is 31.4 Å². The van der Waals surface area contributed by atoms with Gasteiger partial charge >= 0.3 is 0 Å². The van der Waals surface area contributed by atoms with Gasteiger partial charge in [0.05, 0.1) is 26.1 Å². The minimum absolute atomic E-state index is 0.369. The molecule has 0 aliphatic heterocycles. The lowest BCUT2D eigenvalue weighted by molar-refractivity contribution is 0.405. The van der Waals surface area contributed by atoms with Crippen molar-refractivity contribution in [2.45, 2.75) is 6.42 Å². The number of aromatic nitrogens is 4. The van der Waals surface area contributed by atoms with Crippen LogP contribution < -0.4 is 20.1 Å². The second kappa shape index (κ2) is 8.47. The van der Waals surface area contributed by atoms with Gasteiger partial charge in [0.15, 0.2) is 5.82 Å². The van der Waals surface area contributed by atoms with E-state index in [1.165, 1.54) is 10.9 Å². The van der Waals surface area contributed by atoms with Crippen LogP contribution in [-0.2, 0) is 6.42 Å². The Labute approximate surface area is 168 Å². The summed E-state index contributed by atoms with van der Waals surface area (Å²) in [5.41, 5.74) is 3.10. The van der Waals surface area contributed by atoms with Crippen molar-refractivity contribution in [2.24, 2.45) is 0 Å². The Morgan fingerprint density at radius 1 is 1.07 bits per heavy atom. The molecule has 4 aromatic rings. The molecule has 2 aromatic carbocycles. The molecule has 148 valence electrons. The number of nitrogens with one attached hydrogen (secondary N) is 3. The summed E-state index contributed by atoms with van der Waals surface area (Å²) in [5, 5.41) is 15.8. The van der Waals surface area contributed by atoms with Crippen molar-refractivity contribution < 1.29 is 9.47 Å². The number of fused-ring (bicyclic) bond motifs is 1. The first-order valence-electron chi connectivity index (χ1n) is 9.24. The number of anilines is 3. The molecule has 0 fully saturated rings. The van der Waals surface area contributed by atoms with Gasteiger partial charge in [0.1, 0.15) is 11.5 Å². The van der Waals surface area contributed by atoms with Gasteiger partial charge in [-0.2, -0.15) is 10.1 Å². The van der Waals surface area contributed by atoms with Crippen LogP contribution >= 0.6 is 0 Å². The van der Waals surface area contributed by atoms with E-state index in [4.69, 9.17) is 9.47 Å². The molecule has 0 radical (unpaired) electrons. The summed E-state index contributed by atoms with van der Waals surface area (Å²) in [6.07, 6.45) is 4.51. The van der Waals surface area contributed by atoms with Crippen LogP contribution in [0, 0.1) is 0 Å². The van der Waals surface area contributed by atoms with Gasteiger partial charge in [-0.25, -0.2) is 0 Å². The highest BCUT2D eigenvalue weighted by Crippen LogP contribution is 2.30. The Kier molecular flexibility index (Phi) is 5.42. The molecule has 8 heteroatoms. The van der Waals surface area contributed by atoms with E-state index in [1.807, 2.05) is 36.5 Å². The van der Waals surface area contributed by atoms with Crippen LogP contribution in [-0.4, -0.2) is 40.9 Å². The van der Waals surface area contributed by atoms with E-state index < -0.39 is 0 Å². The first kappa shape index (κ1) is 18.5. The summed E-state index contributed by atoms with van der Waals surface area (Å²) in [5.74, 6) is 2.37. The summed E-state index contributed by atoms with van der Waals surface area (Å²) in [4.78, 5) is 7.78. The zero-order valence-electron chi connectivity index (χ0n) is 16.3. The molecular formula is C21H22N6O2. The number of hydrogen-bond donors (Lipinski definition) is 3. The SMILES string of the molecule is COc1ccc(OC)c(Nc2nncc(NCCc3c[nH]c4ccccc34)n2)c1. The smallest absolute Gasteiger partial charge is 0.249 e. The molecule has 2 heterocycles. The van der Waals surface area contributed by atoms with E-state index in [0.717, 1.165) is 18.5 Å². The number of methoxy groups -OCH3 is 2. The van der Waals surface area contributed by atoms with Crippen molar-refractivity contribution in [3.63, 3.8) is 0 Å². The number of H-pyrrole nitrogens is 1. The first-order chi connectivity index (χ1) is 14.3. The lowest BCUT2D eigenvalue weighted by Gasteiger charge is -2.12. The van der Waals surface area contributed by atoms with Gasteiger partial charge in [0.2, 0.25) is 5.95 Å². The van der Waals surface area contributed by atoms with Crippen LogP contribution in [0.2, 0.25) is 0 Å². The lowest BCUT2D eigenvalue weighted by Crippen LogP contribution is -2.09. The molecule has 4 rings (SSSR count). The second-order valence-electron chi connectivity index (χ2n) is 6.39. The quantitative estimate of drug-likeness (QED) is 0.421. The Balaban J connectivity index is 1.42. The summed E-state index contributed by atoms with van der Waals surface area (Å²) in [6.45, 7) is 0.725. The van der Waals surface area contributed by atoms with Gasteiger partial charge in [-0.3, -0.25) is 0 Å². The molecule has 0 unspecified atom stereocenters. The third-order valence-corrected chi connectivity index (χ3v) is 4.59. The zero-order valence-corrected chi connectivity index (χ0v) is 16.3. The number of aromatic amines is 1. The Bertz CT molecular complexity index is 1110. The number of rotatable bonds is 8. The number of ether oxygens (including phenoxy) is 2. The van der Waals surface area contributed by atoms with Crippen LogP contribution in [0.3, 0.4) is 0 Å². The van der Waals surface area contributed by atoms with Gasteiger partial charge in [-0.1, -0.05) is 18.2 Å². The van der Waals surface area contributed by atoms with E-state index in [0.29, 0.717) is 29.0 Å². The lowest BCUT2D eigenvalue weighted by atomic mass is 10.1. The van der Waals surface area contributed by atoms with Crippen molar-refractivity contribution in [3.8, 4) is 11.5 Å². The average Bonchev–Trinajstić information content (AvgIpc) is 3.17. The molecule has 0 saturated heterocycles. The maximum Gasteiger partial charge on any atom is 0.249 e. The van der Waals surface area contributed by atoms with E-state index in [-0.39, 0.29) is 0 Å². The molecular weight excluding hydrogens is 368 g/mol. The topological polar surface area (TPSA) is 97.0 Å². The Morgan fingerprint density at radius 3 is 2.83 bits per heavy atom. The molecule has 3 N–H and O–H groups in total. The second-order valence-corrected chi connectivity index (χ2v) is 6.39. The molecule has 29 heavy (non-hydrogen) atoms. The van der Waals surface area contributed by atoms with E-state index in [2.05, 4.69) is 42.9 Å². The third kappa shape index (κ3) is 4.21. The predicted octanol–water partition coefficient (Wildman–Crippen LogP) is 3.77. The van der Waals surface area contributed by atoms with Gasteiger partial charge in [-0.05, 0) is 30.2 Å². The molecule has 0 saturated carbocycles. The molecule has 0 amide bonds. The minimum atomic E-state index is 0.369. The first-order valence-corrected chi connectivity index (χ1v) is 9.24. The minimum Gasteiger partial charge on any atom is -0.497 e. The van der Waals surface area contributed by atoms with Crippen molar-refractivity contribution >= 4 is 28.4 Å². The Hall–Kier alpha value is -3.81. The highest BCUT2D eigenvalue weighted by atomic mass is 16.5. The van der Waals surface area contributed by atoms with E-state index in [1.54, 1.807) is 20.4 Å².